The van der Waals surface area contributed by atoms with E-state index in [0.29, 0.717) is 5.69 Å². The van der Waals surface area contributed by atoms with Gasteiger partial charge in [-0.25, -0.2) is 9.78 Å². The van der Waals surface area contributed by atoms with Gasteiger partial charge in [0.15, 0.2) is 0 Å². The van der Waals surface area contributed by atoms with E-state index >= 15 is 0 Å². The number of rotatable bonds is 15. The average Bonchev–Trinajstić information content (AvgIpc) is 3.23. The molecule has 0 spiro atoms. The Morgan fingerprint density at radius 1 is 0.886 bits per heavy atom. The van der Waals surface area contributed by atoms with E-state index in [1.807, 2.05) is 13.8 Å². The summed E-state index contributed by atoms with van der Waals surface area (Å²) >= 11 is 0. The standard InChI is InChI=1S/C22H36N6O7/c1-11(2)5-15(26-19(31)14(23)7-13-9-24-10-25-13)20(32)27-16(6-12(3)4)21(33)28-17(22(34)35)8-18(29)30/h9-12,14-17H,5-8,23H2,1-4H3,(H,24,25)(H,26,31)(H,27,32)(H,28,33)(H,29,30)(H,34,35). The maximum atomic E-state index is 13.1. The minimum Gasteiger partial charge on any atom is -0.481 e. The molecule has 0 aliphatic rings. The van der Waals surface area contributed by atoms with Gasteiger partial charge in [0.25, 0.3) is 0 Å². The molecular formula is C22H36N6O7. The van der Waals surface area contributed by atoms with Crippen molar-refractivity contribution in [3.63, 3.8) is 0 Å². The van der Waals surface area contributed by atoms with E-state index < -0.39 is 60.2 Å². The highest BCUT2D eigenvalue weighted by Crippen LogP contribution is 2.10. The van der Waals surface area contributed by atoms with Gasteiger partial charge in [0.05, 0.1) is 18.8 Å². The Kier molecular flexibility index (Phi) is 11.9. The number of H-pyrrole nitrogens is 1. The van der Waals surface area contributed by atoms with Crippen LogP contribution < -0.4 is 21.7 Å². The van der Waals surface area contributed by atoms with Gasteiger partial charge in [-0.3, -0.25) is 19.2 Å². The molecular weight excluding hydrogens is 460 g/mol. The number of nitrogens with zero attached hydrogens (tertiary/aromatic N) is 1. The molecule has 0 fully saturated rings. The lowest BCUT2D eigenvalue weighted by atomic mass is 9.99. The number of hydrogen-bond donors (Lipinski definition) is 7. The number of carboxylic acid groups (broad SMARTS) is 2. The lowest BCUT2D eigenvalue weighted by molar-refractivity contribution is -0.147. The quantitative estimate of drug-likeness (QED) is 0.164. The number of imidazole rings is 1. The predicted octanol–water partition coefficient (Wildman–Crippen LogP) is -0.615. The molecule has 0 bridgehead atoms. The van der Waals surface area contributed by atoms with E-state index in [9.17, 15) is 29.1 Å². The van der Waals surface area contributed by atoms with Gasteiger partial charge >= 0.3 is 11.9 Å². The molecule has 4 unspecified atom stereocenters. The molecule has 13 nitrogen and oxygen atoms in total. The van der Waals surface area contributed by atoms with Gasteiger partial charge in [-0.2, -0.15) is 0 Å². The summed E-state index contributed by atoms with van der Waals surface area (Å²) in [4.78, 5) is 67.5. The van der Waals surface area contributed by atoms with Crippen LogP contribution in [0.2, 0.25) is 0 Å². The van der Waals surface area contributed by atoms with E-state index in [4.69, 9.17) is 10.8 Å². The van der Waals surface area contributed by atoms with Crippen LogP contribution >= 0.6 is 0 Å². The molecule has 0 saturated heterocycles. The van der Waals surface area contributed by atoms with Crippen molar-refractivity contribution >= 4 is 29.7 Å². The van der Waals surface area contributed by atoms with E-state index in [1.54, 1.807) is 13.8 Å². The first-order chi connectivity index (χ1) is 16.3. The lowest BCUT2D eigenvalue weighted by Crippen LogP contribution is -2.57. The lowest BCUT2D eigenvalue weighted by Gasteiger charge is -2.26. The molecule has 0 aliphatic carbocycles. The highest BCUT2D eigenvalue weighted by atomic mass is 16.4. The largest absolute Gasteiger partial charge is 0.481 e. The van der Waals surface area contributed by atoms with Crippen molar-refractivity contribution in [2.75, 3.05) is 0 Å². The normalized spacial score (nSPS) is 14.6. The molecule has 196 valence electrons. The predicted molar refractivity (Wildman–Crippen MR) is 125 cm³/mol. The number of amides is 3. The first-order valence-electron chi connectivity index (χ1n) is 11.4. The summed E-state index contributed by atoms with van der Waals surface area (Å²) in [5, 5.41) is 25.5. The van der Waals surface area contributed by atoms with Crippen molar-refractivity contribution < 1.29 is 34.2 Å². The molecule has 4 atom stereocenters. The number of nitrogens with one attached hydrogen (secondary N) is 4. The number of aromatic amines is 1. The monoisotopic (exact) mass is 496 g/mol. The third kappa shape index (κ3) is 11.0. The number of hydrogen-bond acceptors (Lipinski definition) is 7. The molecule has 0 aromatic carbocycles. The van der Waals surface area contributed by atoms with Crippen LogP contribution in [-0.4, -0.2) is 74.0 Å². The highest BCUT2D eigenvalue weighted by Gasteiger charge is 2.31. The van der Waals surface area contributed by atoms with Crippen molar-refractivity contribution in [1.82, 2.24) is 25.9 Å². The molecule has 3 amide bonds. The summed E-state index contributed by atoms with van der Waals surface area (Å²) in [5.74, 6) is -4.97. The number of carbonyl (C=O) groups is 5. The third-order valence-corrected chi connectivity index (χ3v) is 5.00. The molecule has 1 aromatic heterocycles. The molecule has 0 radical (unpaired) electrons. The Bertz CT molecular complexity index is 872. The number of nitrogens with two attached hydrogens (primary N) is 1. The Morgan fingerprint density at radius 2 is 1.37 bits per heavy atom. The number of aromatic nitrogens is 2. The van der Waals surface area contributed by atoms with Crippen molar-refractivity contribution in [1.29, 1.82) is 0 Å². The number of carbonyl (C=O) groups excluding carboxylic acids is 3. The first-order valence-corrected chi connectivity index (χ1v) is 11.4. The van der Waals surface area contributed by atoms with Gasteiger partial charge in [-0.05, 0) is 24.7 Å². The number of aliphatic carboxylic acids is 2. The fraction of sp³-hybridized carbons (Fsp3) is 0.636. The van der Waals surface area contributed by atoms with Gasteiger partial charge in [-0.15, -0.1) is 0 Å². The van der Waals surface area contributed by atoms with Crippen molar-refractivity contribution in [2.45, 2.75) is 77.5 Å². The van der Waals surface area contributed by atoms with E-state index in [-0.39, 0.29) is 31.1 Å². The second-order valence-corrected chi connectivity index (χ2v) is 9.27. The summed E-state index contributed by atoms with van der Waals surface area (Å²) in [6.45, 7) is 7.33. The molecule has 0 saturated carbocycles. The highest BCUT2D eigenvalue weighted by molar-refractivity contribution is 5.94. The third-order valence-electron chi connectivity index (χ3n) is 5.00. The van der Waals surface area contributed by atoms with Gasteiger partial charge < -0.3 is 36.9 Å². The second-order valence-electron chi connectivity index (χ2n) is 9.27. The molecule has 13 heteroatoms. The summed E-state index contributed by atoms with van der Waals surface area (Å²) < 4.78 is 0. The van der Waals surface area contributed by atoms with Crippen molar-refractivity contribution in [2.24, 2.45) is 17.6 Å². The van der Waals surface area contributed by atoms with Crippen LogP contribution in [0.15, 0.2) is 12.5 Å². The fourth-order valence-electron chi connectivity index (χ4n) is 3.33. The average molecular weight is 497 g/mol. The second kappa shape index (κ2) is 14.0. The first kappa shape index (κ1) is 29.6. The minimum atomic E-state index is -1.65. The van der Waals surface area contributed by atoms with Crippen LogP contribution in [0.25, 0.3) is 0 Å². The Labute approximate surface area is 203 Å². The maximum Gasteiger partial charge on any atom is 0.326 e. The Morgan fingerprint density at radius 3 is 1.77 bits per heavy atom. The maximum absolute atomic E-state index is 13.1. The zero-order valence-electron chi connectivity index (χ0n) is 20.4. The summed E-state index contributed by atoms with van der Waals surface area (Å²) in [6.07, 6.45) is 2.79. The summed E-state index contributed by atoms with van der Waals surface area (Å²) in [6, 6.07) is -4.73. The fourth-order valence-corrected chi connectivity index (χ4v) is 3.33. The van der Waals surface area contributed by atoms with Crippen molar-refractivity contribution in [3.8, 4) is 0 Å². The SMILES string of the molecule is CC(C)CC(NC(=O)C(N)Cc1cnc[nH]1)C(=O)NC(CC(C)C)C(=O)NC(CC(=O)O)C(=O)O. The van der Waals surface area contributed by atoms with Gasteiger partial charge in [-0.1, -0.05) is 27.7 Å². The van der Waals surface area contributed by atoms with Crippen LogP contribution in [-0.2, 0) is 30.4 Å². The Hall–Kier alpha value is -3.48. The van der Waals surface area contributed by atoms with Gasteiger partial charge in [0.1, 0.15) is 18.1 Å². The van der Waals surface area contributed by atoms with Crippen LogP contribution in [0, 0.1) is 11.8 Å². The van der Waals surface area contributed by atoms with Gasteiger partial charge in [0, 0.05) is 18.3 Å². The van der Waals surface area contributed by atoms with Crippen LogP contribution in [0.5, 0.6) is 0 Å². The molecule has 0 aliphatic heterocycles. The minimum absolute atomic E-state index is 0.0132. The molecule has 8 N–H and O–H groups in total. The zero-order chi connectivity index (χ0) is 26.7. The smallest absolute Gasteiger partial charge is 0.326 e. The molecule has 1 rings (SSSR count). The van der Waals surface area contributed by atoms with Crippen LogP contribution in [0.1, 0.15) is 52.7 Å². The Balaban J connectivity index is 2.95. The molecule has 35 heavy (non-hydrogen) atoms. The van der Waals surface area contributed by atoms with E-state index in [0.717, 1.165) is 0 Å². The van der Waals surface area contributed by atoms with E-state index in [1.165, 1.54) is 12.5 Å². The summed E-state index contributed by atoms with van der Waals surface area (Å²) in [7, 11) is 0. The topological polar surface area (TPSA) is 217 Å². The van der Waals surface area contributed by atoms with Crippen LogP contribution in [0.3, 0.4) is 0 Å². The molecule has 1 aromatic rings. The van der Waals surface area contributed by atoms with Gasteiger partial charge in [0.2, 0.25) is 17.7 Å². The van der Waals surface area contributed by atoms with Crippen LogP contribution in [0.4, 0.5) is 0 Å². The number of carboxylic acids is 2. The molecule has 1 heterocycles. The zero-order valence-corrected chi connectivity index (χ0v) is 20.4. The van der Waals surface area contributed by atoms with E-state index in [2.05, 4.69) is 25.9 Å². The van der Waals surface area contributed by atoms with Crippen molar-refractivity contribution in [3.05, 3.63) is 18.2 Å². The summed E-state index contributed by atoms with van der Waals surface area (Å²) in [5.41, 5.74) is 6.62.